The first-order valence-corrected chi connectivity index (χ1v) is 5.69. The Morgan fingerprint density at radius 2 is 2.28 bits per heavy atom. The van der Waals surface area contributed by atoms with Gasteiger partial charge in [-0.2, -0.15) is 0 Å². The van der Waals surface area contributed by atoms with E-state index in [1.165, 1.54) is 0 Å². The van der Waals surface area contributed by atoms with Crippen molar-refractivity contribution >= 4 is 5.91 Å². The summed E-state index contributed by atoms with van der Waals surface area (Å²) >= 11 is 0. The number of nitrogens with zero attached hydrogens (tertiary/aromatic N) is 2. The van der Waals surface area contributed by atoms with Crippen LogP contribution in [0.1, 0.15) is 12.0 Å². The van der Waals surface area contributed by atoms with Crippen LogP contribution in [0.3, 0.4) is 0 Å². The Balaban J connectivity index is 2.46. The van der Waals surface area contributed by atoms with Crippen LogP contribution in [0.25, 0.3) is 0 Å². The molecular weight excluding hydrogens is 242 g/mol. The van der Waals surface area contributed by atoms with Gasteiger partial charge in [0.15, 0.2) is 0 Å². The van der Waals surface area contributed by atoms with Gasteiger partial charge < -0.3 is 10.0 Å². The number of hydrogen-bond donors (Lipinski definition) is 1. The molecule has 0 fully saturated rings. The molecule has 0 aliphatic rings. The molecule has 1 rings (SSSR count). The predicted octanol–water partition coefficient (Wildman–Crippen LogP) is 1.10. The van der Waals surface area contributed by atoms with Crippen LogP contribution in [-0.2, 0) is 11.2 Å². The summed E-state index contributed by atoms with van der Waals surface area (Å²) in [5.41, 5.74) is 0.881. The van der Waals surface area contributed by atoms with E-state index in [0.29, 0.717) is 6.42 Å². The van der Waals surface area contributed by atoms with E-state index in [9.17, 15) is 13.6 Å². The average molecular weight is 258 g/mol. The van der Waals surface area contributed by atoms with Crippen LogP contribution in [-0.4, -0.2) is 47.0 Å². The fraction of sp³-hybridized carbons (Fsp3) is 0.500. The zero-order valence-corrected chi connectivity index (χ0v) is 9.93. The highest BCUT2D eigenvalue weighted by Gasteiger charge is 2.17. The van der Waals surface area contributed by atoms with Crippen molar-refractivity contribution in [1.82, 2.24) is 9.88 Å². The standard InChI is InChI=1S/C12H16F2N2O2/c13-11(14)9-16(6-7-17)12(18)4-3-10-2-1-5-15-8-10/h1-2,5,8,11,17H,3-4,6-7,9H2. The van der Waals surface area contributed by atoms with Crippen molar-refractivity contribution in [3.63, 3.8) is 0 Å². The third kappa shape index (κ3) is 5.18. The van der Waals surface area contributed by atoms with Crippen molar-refractivity contribution in [1.29, 1.82) is 0 Å². The largest absolute Gasteiger partial charge is 0.395 e. The average Bonchev–Trinajstić information content (AvgIpc) is 2.36. The highest BCUT2D eigenvalue weighted by molar-refractivity contribution is 5.76. The molecular formula is C12H16F2N2O2. The van der Waals surface area contributed by atoms with E-state index in [4.69, 9.17) is 5.11 Å². The molecule has 0 bridgehead atoms. The molecule has 0 radical (unpaired) electrons. The minimum Gasteiger partial charge on any atom is -0.395 e. The fourth-order valence-electron chi connectivity index (χ4n) is 1.56. The third-order valence-corrected chi connectivity index (χ3v) is 2.43. The minimum atomic E-state index is -2.58. The van der Waals surface area contributed by atoms with Crippen LogP contribution in [0.5, 0.6) is 0 Å². The second kappa shape index (κ2) is 7.71. The maximum Gasteiger partial charge on any atom is 0.255 e. The summed E-state index contributed by atoms with van der Waals surface area (Å²) in [5, 5.41) is 8.73. The summed E-state index contributed by atoms with van der Waals surface area (Å²) in [4.78, 5) is 16.6. The van der Waals surface area contributed by atoms with E-state index in [1.807, 2.05) is 6.07 Å². The molecule has 1 aromatic heterocycles. The predicted molar refractivity (Wildman–Crippen MR) is 62.2 cm³/mol. The second-order valence-electron chi connectivity index (χ2n) is 3.82. The molecule has 4 nitrogen and oxygen atoms in total. The van der Waals surface area contributed by atoms with Gasteiger partial charge in [-0.3, -0.25) is 9.78 Å². The summed E-state index contributed by atoms with van der Waals surface area (Å²) in [5.74, 6) is -0.381. The number of amides is 1. The van der Waals surface area contributed by atoms with E-state index in [2.05, 4.69) is 4.98 Å². The van der Waals surface area contributed by atoms with Gasteiger partial charge in [-0.15, -0.1) is 0 Å². The summed E-state index contributed by atoms with van der Waals surface area (Å²) in [6.45, 7) is -1.01. The van der Waals surface area contributed by atoms with Crippen molar-refractivity contribution in [2.24, 2.45) is 0 Å². The van der Waals surface area contributed by atoms with Crippen molar-refractivity contribution in [2.75, 3.05) is 19.7 Å². The number of carbonyl (C=O) groups is 1. The quantitative estimate of drug-likeness (QED) is 0.796. The van der Waals surface area contributed by atoms with Crippen LogP contribution in [0, 0.1) is 0 Å². The van der Waals surface area contributed by atoms with Gasteiger partial charge in [-0.1, -0.05) is 6.07 Å². The number of alkyl halides is 2. The molecule has 1 aromatic rings. The minimum absolute atomic E-state index is 0.0593. The van der Waals surface area contributed by atoms with Gasteiger partial charge in [0.2, 0.25) is 5.91 Å². The molecule has 0 saturated carbocycles. The van der Waals surface area contributed by atoms with Crippen LogP contribution in [0.4, 0.5) is 8.78 Å². The van der Waals surface area contributed by atoms with Crippen LogP contribution in [0.15, 0.2) is 24.5 Å². The van der Waals surface area contributed by atoms with E-state index < -0.39 is 13.0 Å². The van der Waals surface area contributed by atoms with E-state index in [0.717, 1.165) is 10.5 Å². The molecule has 1 amide bonds. The maximum atomic E-state index is 12.2. The number of hydrogen-bond acceptors (Lipinski definition) is 3. The molecule has 0 aromatic carbocycles. The lowest BCUT2D eigenvalue weighted by Gasteiger charge is -2.21. The molecule has 0 saturated heterocycles. The fourth-order valence-corrected chi connectivity index (χ4v) is 1.56. The monoisotopic (exact) mass is 258 g/mol. The second-order valence-corrected chi connectivity index (χ2v) is 3.82. The number of carbonyl (C=O) groups excluding carboxylic acids is 1. The highest BCUT2D eigenvalue weighted by atomic mass is 19.3. The molecule has 100 valence electrons. The Morgan fingerprint density at radius 3 is 2.83 bits per heavy atom. The number of halogens is 2. The molecule has 0 spiro atoms. The number of aliphatic hydroxyl groups excluding tert-OH is 1. The lowest BCUT2D eigenvalue weighted by Crippen LogP contribution is -2.37. The van der Waals surface area contributed by atoms with Gasteiger partial charge in [-0.25, -0.2) is 8.78 Å². The number of aliphatic hydroxyl groups is 1. The normalized spacial score (nSPS) is 10.7. The first kappa shape index (κ1) is 14.5. The molecule has 0 atom stereocenters. The molecule has 1 N–H and O–H groups in total. The van der Waals surface area contributed by atoms with Gasteiger partial charge in [0.05, 0.1) is 13.2 Å². The molecule has 1 heterocycles. The lowest BCUT2D eigenvalue weighted by molar-refractivity contribution is -0.133. The zero-order valence-electron chi connectivity index (χ0n) is 9.93. The summed E-state index contributed by atoms with van der Waals surface area (Å²) < 4.78 is 24.5. The van der Waals surface area contributed by atoms with Gasteiger partial charge in [0, 0.05) is 25.4 Å². The molecule has 0 aliphatic heterocycles. The van der Waals surface area contributed by atoms with Crippen molar-refractivity contribution < 1.29 is 18.7 Å². The van der Waals surface area contributed by atoms with E-state index >= 15 is 0 Å². The molecule has 0 unspecified atom stereocenters. The number of aromatic nitrogens is 1. The molecule has 6 heteroatoms. The van der Waals surface area contributed by atoms with E-state index in [-0.39, 0.29) is 25.5 Å². The Kier molecular flexibility index (Phi) is 6.21. The summed E-state index contributed by atoms with van der Waals surface area (Å²) in [6.07, 6.45) is 1.27. The Labute approximate surface area is 104 Å². The zero-order chi connectivity index (χ0) is 13.4. The Morgan fingerprint density at radius 1 is 1.50 bits per heavy atom. The van der Waals surface area contributed by atoms with Crippen molar-refractivity contribution in [3.05, 3.63) is 30.1 Å². The first-order chi connectivity index (χ1) is 8.63. The molecule has 18 heavy (non-hydrogen) atoms. The lowest BCUT2D eigenvalue weighted by atomic mass is 10.1. The van der Waals surface area contributed by atoms with Crippen LogP contribution < -0.4 is 0 Å². The summed E-state index contributed by atoms with van der Waals surface area (Å²) in [7, 11) is 0. The van der Waals surface area contributed by atoms with Crippen molar-refractivity contribution in [2.45, 2.75) is 19.3 Å². The van der Waals surface area contributed by atoms with Gasteiger partial charge in [0.1, 0.15) is 0 Å². The van der Waals surface area contributed by atoms with Gasteiger partial charge in [0.25, 0.3) is 6.43 Å². The van der Waals surface area contributed by atoms with Crippen molar-refractivity contribution in [3.8, 4) is 0 Å². The Hall–Kier alpha value is -1.56. The maximum absolute atomic E-state index is 12.2. The van der Waals surface area contributed by atoms with Crippen LogP contribution >= 0.6 is 0 Å². The number of pyridine rings is 1. The SMILES string of the molecule is O=C(CCc1cccnc1)N(CCO)CC(F)F. The first-order valence-electron chi connectivity index (χ1n) is 5.69. The smallest absolute Gasteiger partial charge is 0.255 e. The molecule has 0 aliphatic carbocycles. The Bertz CT molecular complexity index is 360. The summed E-state index contributed by atoms with van der Waals surface area (Å²) in [6, 6.07) is 3.58. The highest BCUT2D eigenvalue weighted by Crippen LogP contribution is 2.05. The van der Waals surface area contributed by atoms with E-state index in [1.54, 1.807) is 18.5 Å². The third-order valence-electron chi connectivity index (χ3n) is 2.43. The number of rotatable bonds is 7. The topological polar surface area (TPSA) is 53.4 Å². The van der Waals surface area contributed by atoms with Crippen LogP contribution in [0.2, 0.25) is 0 Å². The van der Waals surface area contributed by atoms with Gasteiger partial charge in [-0.05, 0) is 18.1 Å². The number of aryl methyl sites for hydroxylation is 1. The van der Waals surface area contributed by atoms with Gasteiger partial charge >= 0.3 is 0 Å².